The van der Waals surface area contributed by atoms with Gasteiger partial charge >= 0.3 is 0 Å². The van der Waals surface area contributed by atoms with E-state index in [1.54, 1.807) is 0 Å². The molecule has 0 bridgehead atoms. The van der Waals surface area contributed by atoms with Crippen LogP contribution in [-0.2, 0) is 9.53 Å². The third kappa shape index (κ3) is 2.69. The normalized spacial score (nSPS) is 8.62. The van der Waals surface area contributed by atoms with E-state index in [1.165, 1.54) is 7.11 Å². The first kappa shape index (κ1) is 7.56. The number of carbonyl (C=O) groups is 1. The Bertz CT molecular complexity index is 85.4. The van der Waals surface area contributed by atoms with Crippen LogP contribution in [-0.4, -0.2) is 40.3 Å². The Morgan fingerprint density at radius 1 is 1.75 bits per heavy atom. The number of ether oxygens (including phenoxy) is 1. The van der Waals surface area contributed by atoms with Crippen LogP contribution in [0.2, 0.25) is 0 Å². The number of amides is 1. The fourth-order valence-electron chi connectivity index (χ4n) is 0.198. The molecule has 0 saturated carbocycles. The van der Waals surface area contributed by atoms with E-state index in [0.717, 1.165) is 0 Å². The first-order valence-corrected chi connectivity index (χ1v) is 1.99. The lowest BCUT2D eigenvalue weighted by Gasteiger charge is -2.08. The highest BCUT2D eigenvalue weighted by Crippen LogP contribution is 1.74. The lowest BCUT2D eigenvalue weighted by Crippen LogP contribution is -2.28. The number of carbonyl (C=O) groups excluding carboxylic acids is 1. The Kier molecular flexibility index (Phi) is 3.35. The summed E-state index contributed by atoms with van der Waals surface area (Å²) in [4.78, 5) is 10.3. The van der Waals surface area contributed by atoms with Gasteiger partial charge in [0.25, 0.3) is 0 Å². The molecule has 0 aromatic rings. The molecule has 0 aliphatic heterocycles. The summed E-state index contributed by atoms with van der Waals surface area (Å²) in [6.07, 6.45) is 0. The zero-order valence-corrected chi connectivity index (χ0v) is 4.63. The first-order valence-electron chi connectivity index (χ1n) is 1.99. The largest absolute Gasteiger partial charge is 0.447 e. The summed E-state index contributed by atoms with van der Waals surface area (Å²) in [7, 11) is 11.0. The molecule has 8 heavy (non-hydrogen) atoms. The Labute approximate surface area is 50.9 Å². The number of rotatable bonds is 2. The van der Waals surface area contributed by atoms with E-state index in [1.807, 2.05) is 0 Å². The lowest BCUT2D eigenvalue weighted by atomic mass is 10.1. The molecular formula is C3H5B2NO2. The van der Waals surface area contributed by atoms with Gasteiger partial charge in [0, 0.05) is 7.11 Å². The van der Waals surface area contributed by atoms with Crippen LogP contribution >= 0.6 is 0 Å². The number of methoxy groups -OCH3 is 1. The predicted molar refractivity (Wildman–Crippen MR) is 30.2 cm³/mol. The summed E-state index contributed by atoms with van der Waals surface area (Å²) in [5.74, 6) is -0.451. The van der Waals surface area contributed by atoms with Crippen LogP contribution in [0.25, 0.3) is 0 Å². The molecule has 40 valence electrons. The van der Waals surface area contributed by atoms with E-state index in [-0.39, 0.29) is 6.61 Å². The summed E-state index contributed by atoms with van der Waals surface area (Å²) < 4.78 is 4.90. The van der Waals surface area contributed by atoms with Crippen LogP contribution in [0.15, 0.2) is 0 Å². The SMILES string of the molecule is [B]N([B])C(=O)COC. The van der Waals surface area contributed by atoms with Gasteiger partial charge in [-0.1, -0.05) is 0 Å². The summed E-state index contributed by atoms with van der Waals surface area (Å²) in [5, 5.41) is 0. The second-order valence-electron chi connectivity index (χ2n) is 1.23. The summed E-state index contributed by atoms with van der Waals surface area (Å²) in [6.45, 7) is -0.0764. The van der Waals surface area contributed by atoms with Gasteiger partial charge in [0.2, 0.25) is 21.9 Å². The standard InChI is InChI=1S/C3H5B2NO2/c1-8-2-3(7)6(4)5/h2H2,1H3. The van der Waals surface area contributed by atoms with Gasteiger partial charge in [-0.3, -0.25) is 4.79 Å². The summed E-state index contributed by atoms with van der Waals surface area (Å²) in [6, 6.07) is 0. The highest BCUT2D eigenvalue weighted by Gasteiger charge is 1.98. The molecule has 0 rings (SSSR count). The van der Waals surface area contributed by atoms with Crippen molar-refractivity contribution < 1.29 is 9.53 Å². The molecule has 0 aliphatic carbocycles. The Hall–Kier alpha value is -0.440. The molecule has 1 amide bonds. The van der Waals surface area contributed by atoms with Crippen molar-refractivity contribution in [2.75, 3.05) is 13.7 Å². The maximum Gasteiger partial charge on any atom is 0.223 e. The van der Waals surface area contributed by atoms with Crippen molar-refractivity contribution in [1.82, 2.24) is 4.72 Å². The molecule has 0 spiro atoms. The molecule has 0 fully saturated rings. The van der Waals surface area contributed by atoms with Crippen molar-refractivity contribution >= 4 is 21.9 Å². The van der Waals surface area contributed by atoms with Crippen molar-refractivity contribution in [2.24, 2.45) is 0 Å². The minimum Gasteiger partial charge on any atom is -0.447 e. The van der Waals surface area contributed by atoms with Gasteiger partial charge < -0.3 is 9.46 Å². The highest BCUT2D eigenvalue weighted by molar-refractivity contribution is 6.34. The Morgan fingerprint density at radius 2 is 2.25 bits per heavy atom. The molecule has 0 saturated heterocycles. The van der Waals surface area contributed by atoms with E-state index in [9.17, 15) is 4.79 Å². The van der Waals surface area contributed by atoms with Crippen LogP contribution in [0.1, 0.15) is 0 Å². The van der Waals surface area contributed by atoms with Crippen LogP contribution in [0, 0.1) is 0 Å². The van der Waals surface area contributed by atoms with Gasteiger partial charge in [-0.25, -0.2) is 0 Å². The van der Waals surface area contributed by atoms with Crippen LogP contribution < -0.4 is 0 Å². The predicted octanol–water partition coefficient (Wildman–Crippen LogP) is -1.37. The molecular weight excluding hydrogens is 104 g/mol. The van der Waals surface area contributed by atoms with Crippen molar-refractivity contribution in [3.63, 3.8) is 0 Å². The van der Waals surface area contributed by atoms with Crippen LogP contribution in [0.4, 0.5) is 0 Å². The minimum atomic E-state index is -0.451. The van der Waals surface area contributed by atoms with E-state index < -0.39 is 5.91 Å². The number of nitrogens with zero attached hydrogens (tertiary/aromatic N) is 1. The van der Waals surface area contributed by atoms with Crippen molar-refractivity contribution in [3.05, 3.63) is 0 Å². The van der Waals surface area contributed by atoms with Gasteiger partial charge in [0.15, 0.2) is 0 Å². The quantitative estimate of drug-likeness (QED) is 0.409. The first-order chi connectivity index (χ1) is 3.68. The van der Waals surface area contributed by atoms with Gasteiger partial charge in [-0.15, -0.1) is 0 Å². The second-order valence-corrected chi connectivity index (χ2v) is 1.23. The van der Waals surface area contributed by atoms with Crippen LogP contribution in [0.3, 0.4) is 0 Å². The van der Waals surface area contributed by atoms with Crippen molar-refractivity contribution in [3.8, 4) is 0 Å². The van der Waals surface area contributed by atoms with Crippen LogP contribution in [0.5, 0.6) is 0 Å². The van der Waals surface area contributed by atoms with Gasteiger partial charge in [-0.05, 0) is 0 Å². The Balaban J connectivity index is 3.33. The monoisotopic (exact) mass is 109 g/mol. The number of hydrogen-bond acceptors (Lipinski definition) is 2. The van der Waals surface area contributed by atoms with E-state index in [4.69, 9.17) is 16.0 Å². The molecule has 0 aromatic heterocycles. The maximum absolute atomic E-state index is 10.3. The topological polar surface area (TPSA) is 29.5 Å². The summed E-state index contributed by atoms with van der Waals surface area (Å²) >= 11 is 0. The fourth-order valence-corrected chi connectivity index (χ4v) is 0.198. The third-order valence-corrected chi connectivity index (χ3v) is 0.556. The zero-order chi connectivity index (χ0) is 6.57. The molecule has 0 atom stereocenters. The van der Waals surface area contributed by atoms with Gasteiger partial charge in [0.1, 0.15) is 6.61 Å². The molecule has 0 aliphatic rings. The Morgan fingerprint density at radius 3 is 2.38 bits per heavy atom. The average Bonchev–Trinajstić information content (AvgIpc) is 1.67. The van der Waals surface area contributed by atoms with E-state index in [2.05, 4.69) is 4.74 Å². The third-order valence-electron chi connectivity index (χ3n) is 0.556. The summed E-state index contributed by atoms with van der Waals surface area (Å²) in [5.41, 5.74) is 0. The molecule has 4 radical (unpaired) electrons. The maximum atomic E-state index is 10.3. The zero-order valence-electron chi connectivity index (χ0n) is 4.63. The molecule has 0 heterocycles. The highest BCUT2D eigenvalue weighted by atomic mass is 16.5. The van der Waals surface area contributed by atoms with Gasteiger partial charge in [-0.2, -0.15) is 0 Å². The second kappa shape index (κ2) is 3.55. The number of hydrogen-bond donors (Lipinski definition) is 0. The lowest BCUT2D eigenvalue weighted by molar-refractivity contribution is -0.127. The fraction of sp³-hybridized carbons (Fsp3) is 0.667. The van der Waals surface area contributed by atoms with E-state index >= 15 is 0 Å². The average molecular weight is 109 g/mol. The van der Waals surface area contributed by atoms with Crippen molar-refractivity contribution in [2.45, 2.75) is 0 Å². The minimum absolute atomic E-state index is 0.0764. The molecule has 3 nitrogen and oxygen atoms in total. The van der Waals surface area contributed by atoms with Gasteiger partial charge in [0.05, 0.1) is 0 Å². The molecule has 5 heteroatoms. The van der Waals surface area contributed by atoms with E-state index in [0.29, 0.717) is 4.72 Å². The molecule has 0 unspecified atom stereocenters. The molecule has 0 N–H and O–H groups in total. The smallest absolute Gasteiger partial charge is 0.223 e. The van der Waals surface area contributed by atoms with Crippen molar-refractivity contribution in [1.29, 1.82) is 0 Å². The molecule has 0 aromatic carbocycles.